The lowest BCUT2D eigenvalue weighted by Gasteiger charge is -2.35. The smallest absolute Gasteiger partial charge is 0.263 e. The first-order chi connectivity index (χ1) is 12.0. The van der Waals surface area contributed by atoms with Gasteiger partial charge in [-0.25, -0.2) is 4.39 Å². The van der Waals surface area contributed by atoms with Gasteiger partial charge in [0.1, 0.15) is 0 Å². The summed E-state index contributed by atoms with van der Waals surface area (Å²) in [7, 11) is 0. The van der Waals surface area contributed by atoms with Crippen LogP contribution in [0.4, 0.5) is 8.78 Å². The van der Waals surface area contributed by atoms with Crippen LogP contribution in [0.25, 0.3) is 0 Å². The molecule has 1 fully saturated rings. The third-order valence-corrected chi connectivity index (χ3v) is 4.31. The van der Waals surface area contributed by atoms with Crippen LogP contribution in [-0.2, 0) is 11.3 Å². The van der Waals surface area contributed by atoms with Gasteiger partial charge in [0, 0.05) is 44.6 Å². The van der Waals surface area contributed by atoms with Crippen molar-refractivity contribution in [2.45, 2.75) is 19.6 Å². The highest BCUT2D eigenvalue weighted by atomic mass is 19.2. The van der Waals surface area contributed by atoms with E-state index in [1.54, 1.807) is 11.8 Å². The Hall–Kier alpha value is -2.41. The Bertz CT molecular complexity index is 713. The van der Waals surface area contributed by atoms with Gasteiger partial charge in [0.05, 0.1) is 0 Å². The molecule has 1 saturated heterocycles. The van der Waals surface area contributed by atoms with Gasteiger partial charge in [0.15, 0.2) is 17.7 Å². The molecule has 1 N–H and O–H groups in total. The van der Waals surface area contributed by atoms with E-state index in [1.807, 2.05) is 18.3 Å². The van der Waals surface area contributed by atoms with E-state index >= 15 is 0 Å². The minimum Gasteiger partial charge on any atom is -0.478 e. The number of carbonyl (C=O) groups is 1. The number of amides is 1. The molecular weight excluding hydrogens is 328 g/mol. The lowest BCUT2D eigenvalue weighted by Crippen LogP contribution is -2.51. The fraction of sp³-hybridized carbons (Fsp3) is 0.389. The number of halogens is 2. The second kappa shape index (κ2) is 7.65. The molecule has 0 radical (unpaired) electrons. The number of nitrogens with zero attached hydrogens (tertiary/aromatic N) is 2. The van der Waals surface area contributed by atoms with Gasteiger partial charge in [-0.2, -0.15) is 4.39 Å². The maximum atomic E-state index is 13.7. The summed E-state index contributed by atoms with van der Waals surface area (Å²) in [5, 5.41) is 0. The lowest BCUT2D eigenvalue weighted by atomic mass is 10.2. The zero-order valence-corrected chi connectivity index (χ0v) is 14.0. The number of ether oxygens (including phenoxy) is 1. The van der Waals surface area contributed by atoms with Crippen LogP contribution in [0.1, 0.15) is 12.6 Å². The fourth-order valence-electron chi connectivity index (χ4n) is 2.91. The van der Waals surface area contributed by atoms with Gasteiger partial charge in [0.2, 0.25) is 5.82 Å². The van der Waals surface area contributed by atoms with Crippen molar-refractivity contribution in [3.63, 3.8) is 0 Å². The summed E-state index contributed by atoms with van der Waals surface area (Å²) in [5.74, 6) is -2.53. The number of carbonyl (C=O) groups excluding carboxylic acids is 1. The molecule has 1 aliphatic rings. The summed E-state index contributed by atoms with van der Waals surface area (Å²) in [6.07, 6.45) is 1.02. The van der Waals surface area contributed by atoms with Crippen molar-refractivity contribution in [3.05, 3.63) is 53.9 Å². The van der Waals surface area contributed by atoms with Crippen LogP contribution in [-0.4, -0.2) is 53.0 Å². The third-order valence-electron chi connectivity index (χ3n) is 4.31. The Morgan fingerprint density at radius 1 is 1.20 bits per heavy atom. The largest absolute Gasteiger partial charge is 0.478 e. The average molecular weight is 349 g/mol. The molecule has 1 aromatic heterocycles. The monoisotopic (exact) mass is 349 g/mol. The average Bonchev–Trinajstić information content (AvgIpc) is 3.12. The van der Waals surface area contributed by atoms with Gasteiger partial charge >= 0.3 is 0 Å². The highest BCUT2D eigenvalue weighted by Gasteiger charge is 2.27. The van der Waals surface area contributed by atoms with Crippen LogP contribution in [0.15, 0.2) is 36.5 Å². The zero-order valence-electron chi connectivity index (χ0n) is 14.0. The SMILES string of the molecule is CC(Oc1cccc(F)c1F)C(=O)N1CCN(Cc2ccc[nH]2)CC1. The summed E-state index contributed by atoms with van der Waals surface area (Å²) >= 11 is 0. The minimum absolute atomic E-state index is 0.219. The van der Waals surface area contributed by atoms with Crippen LogP contribution < -0.4 is 4.74 Å². The van der Waals surface area contributed by atoms with Gasteiger partial charge in [0.25, 0.3) is 5.91 Å². The topological polar surface area (TPSA) is 48.6 Å². The Morgan fingerprint density at radius 2 is 1.96 bits per heavy atom. The Labute approximate surface area is 145 Å². The van der Waals surface area contributed by atoms with Crippen molar-refractivity contribution >= 4 is 5.91 Å². The number of rotatable bonds is 5. The second-order valence-electron chi connectivity index (χ2n) is 6.11. The van der Waals surface area contributed by atoms with Crippen LogP contribution in [0.3, 0.4) is 0 Å². The summed E-state index contributed by atoms with van der Waals surface area (Å²) in [4.78, 5) is 19.6. The van der Waals surface area contributed by atoms with Crippen molar-refractivity contribution in [1.29, 1.82) is 0 Å². The van der Waals surface area contributed by atoms with E-state index in [-0.39, 0.29) is 11.7 Å². The number of aromatic amines is 1. The molecule has 25 heavy (non-hydrogen) atoms. The quantitative estimate of drug-likeness (QED) is 0.902. The van der Waals surface area contributed by atoms with E-state index in [0.29, 0.717) is 13.1 Å². The first-order valence-electron chi connectivity index (χ1n) is 8.28. The number of H-pyrrole nitrogens is 1. The van der Waals surface area contributed by atoms with E-state index in [9.17, 15) is 13.6 Å². The third kappa shape index (κ3) is 4.17. The molecule has 7 heteroatoms. The minimum atomic E-state index is -1.07. The van der Waals surface area contributed by atoms with Crippen molar-refractivity contribution in [2.24, 2.45) is 0 Å². The second-order valence-corrected chi connectivity index (χ2v) is 6.11. The molecule has 2 aromatic rings. The van der Waals surface area contributed by atoms with E-state index < -0.39 is 17.7 Å². The maximum Gasteiger partial charge on any atom is 0.263 e. The van der Waals surface area contributed by atoms with E-state index in [4.69, 9.17) is 4.74 Å². The summed E-state index contributed by atoms with van der Waals surface area (Å²) in [6.45, 7) is 5.04. The van der Waals surface area contributed by atoms with E-state index in [1.165, 1.54) is 12.1 Å². The van der Waals surface area contributed by atoms with Crippen molar-refractivity contribution < 1.29 is 18.3 Å². The number of nitrogens with one attached hydrogen (secondary N) is 1. The summed E-state index contributed by atoms with van der Waals surface area (Å²) < 4.78 is 32.2. The highest BCUT2D eigenvalue weighted by Crippen LogP contribution is 2.21. The van der Waals surface area contributed by atoms with Gasteiger partial charge in [-0.05, 0) is 31.2 Å². The molecule has 1 aromatic carbocycles. The highest BCUT2D eigenvalue weighted by molar-refractivity contribution is 5.81. The molecule has 0 spiro atoms. The molecule has 5 nitrogen and oxygen atoms in total. The molecule has 1 unspecified atom stereocenters. The first kappa shape index (κ1) is 17.4. The molecule has 0 bridgehead atoms. The predicted molar refractivity (Wildman–Crippen MR) is 89.1 cm³/mol. The molecule has 0 saturated carbocycles. The van der Waals surface area contributed by atoms with Gasteiger partial charge in [-0.15, -0.1) is 0 Å². The number of hydrogen-bond donors (Lipinski definition) is 1. The number of aromatic nitrogens is 1. The number of piperazine rings is 1. The van der Waals surface area contributed by atoms with Gasteiger partial charge < -0.3 is 14.6 Å². The molecular formula is C18H21F2N3O2. The molecule has 0 aliphatic carbocycles. The maximum absolute atomic E-state index is 13.7. The molecule has 1 atom stereocenters. The number of benzene rings is 1. The standard InChI is InChI=1S/C18H21F2N3O2/c1-13(25-16-6-2-5-15(19)17(16)20)18(24)23-10-8-22(9-11-23)12-14-4-3-7-21-14/h2-7,13,21H,8-12H2,1H3. The molecule has 3 rings (SSSR count). The van der Waals surface area contributed by atoms with Crippen molar-refractivity contribution in [3.8, 4) is 5.75 Å². The van der Waals surface area contributed by atoms with Crippen molar-refractivity contribution in [2.75, 3.05) is 26.2 Å². The fourth-order valence-corrected chi connectivity index (χ4v) is 2.91. The van der Waals surface area contributed by atoms with Gasteiger partial charge in [-0.1, -0.05) is 6.07 Å². The zero-order chi connectivity index (χ0) is 17.8. The van der Waals surface area contributed by atoms with E-state index in [0.717, 1.165) is 31.4 Å². The van der Waals surface area contributed by atoms with Crippen LogP contribution in [0.5, 0.6) is 5.75 Å². The normalized spacial score (nSPS) is 16.7. The molecule has 134 valence electrons. The van der Waals surface area contributed by atoms with Crippen LogP contribution in [0, 0.1) is 11.6 Å². The molecule has 2 heterocycles. The molecule has 1 amide bonds. The van der Waals surface area contributed by atoms with Crippen molar-refractivity contribution in [1.82, 2.24) is 14.8 Å². The Kier molecular flexibility index (Phi) is 5.33. The first-order valence-corrected chi connectivity index (χ1v) is 8.28. The predicted octanol–water partition coefficient (Wildman–Crippen LogP) is 2.40. The Morgan fingerprint density at radius 3 is 2.64 bits per heavy atom. The summed E-state index contributed by atoms with van der Waals surface area (Å²) in [6, 6.07) is 7.67. The molecule has 1 aliphatic heterocycles. The Balaban J connectivity index is 1.52. The number of hydrogen-bond acceptors (Lipinski definition) is 3. The van der Waals surface area contributed by atoms with Gasteiger partial charge in [-0.3, -0.25) is 9.69 Å². The van der Waals surface area contributed by atoms with Crippen LogP contribution in [0.2, 0.25) is 0 Å². The summed E-state index contributed by atoms with van der Waals surface area (Å²) in [5.41, 5.74) is 1.14. The van der Waals surface area contributed by atoms with Crippen LogP contribution >= 0.6 is 0 Å². The lowest BCUT2D eigenvalue weighted by molar-refractivity contribution is -0.139. The van der Waals surface area contributed by atoms with E-state index in [2.05, 4.69) is 9.88 Å².